The Morgan fingerprint density at radius 3 is 2.07 bits per heavy atom. The Hall–Kier alpha value is -4.89. The molecule has 0 atom stereocenters. The monoisotopic (exact) mass is 614 g/mol. The van der Waals surface area contributed by atoms with Crippen LogP contribution < -0.4 is 9.47 Å². The molecule has 4 aromatic rings. The van der Waals surface area contributed by atoms with Crippen LogP contribution in [0.2, 0.25) is 0 Å². The van der Waals surface area contributed by atoms with Gasteiger partial charge in [-0.15, -0.1) is 0 Å². The molecule has 0 bridgehead atoms. The number of esters is 2. The highest BCUT2D eigenvalue weighted by molar-refractivity contribution is 8.14. The third kappa shape index (κ3) is 9.57. The van der Waals surface area contributed by atoms with Gasteiger partial charge in [-0.25, -0.2) is 9.59 Å². The second-order valence-electron chi connectivity index (χ2n) is 9.48. The van der Waals surface area contributed by atoms with E-state index < -0.39 is 17.8 Å². The first-order valence-corrected chi connectivity index (χ1v) is 14.7. The minimum Gasteiger partial charge on any atom is -0.494 e. The zero-order chi connectivity index (χ0) is 31.3. The fraction of sp³-hybridized carbons (Fsp3) is 0.171. The van der Waals surface area contributed by atoms with Crippen LogP contribution in [-0.2, 0) is 19.1 Å². The van der Waals surface area contributed by atoms with Gasteiger partial charge in [0.1, 0.15) is 24.7 Å². The van der Waals surface area contributed by atoms with E-state index in [0.29, 0.717) is 30.8 Å². The van der Waals surface area contributed by atoms with Gasteiger partial charge in [-0.1, -0.05) is 43.5 Å². The lowest BCUT2D eigenvalue weighted by Gasteiger charge is -2.09. The molecule has 4 rings (SSSR count). The van der Waals surface area contributed by atoms with E-state index >= 15 is 0 Å². The average Bonchev–Trinajstić information content (AvgIpc) is 3.04. The highest BCUT2D eigenvalue weighted by Gasteiger charge is 2.10. The summed E-state index contributed by atoms with van der Waals surface area (Å²) < 4.78 is 33.5. The molecule has 0 amide bonds. The van der Waals surface area contributed by atoms with Crippen molar-refractivity contribution < 1.29 is 37.7 Å². The lowest BCUT2D eigenvalue weighted by atomic mass is 10.0. The third-order valence-electron chi connectivity index (χ3n) is 6.33. The van der Waals surface area contributed by atoms with Crippen LogP contribution in [0.1, 0.15) is 23.2 Å². The van der Waals surface area contributed by atoms with Crippen LogP contribution in [0, 0.1) is 0 Å². The molecule has 0 aliphatic carbocycles. The number of ether oxygens (including phenoxy) is 4. The molecule has 4 aromatic carbocycles. The highest BCUT2D eigenvalue weighted by atomic mass is 32.2. The molecule has 0 aliphatic rings. The number of hydrogen-bond acceptors (Lipinski definition) is 8. The number of halogens is 1. The van der Waals surface area contributed by atoms with Crippen molar-refractivity contribution in [2.24, 2.45) is 0 Å². The van der Waals surface area contributed by atoms with Crippen molar-refractivity contribution in [1.29, 1.82) is 0 Å². The van der Waals surface area contributed by atoms with Gasteiger partial charge in [0.15, 0.2) is 0 Å². The summed E-state index contributed by atoms with van der Waals surface area (Å²) in [4.78, 5) is 35.7. The van der Waals surface area contributed by atoms with Crippen molar-refractivity contribution in [3.05, 3.63) is 116 Å². The summed E-state index contributed by atoms with van der Waals surface area (Å²) in [5, 5.41) is 2.01. The molecular formula is C35H31FO7S. The average molecular weight is 615 g/mol. The van der Waals surface area contributed by atoms with Gasteiger partial charge in [-0.3, -0.25) is 4.79 Å². The van der Waals surface area contributed by atoms with Crippen molar-refractivity contribution in [1.82, 2.24) is 0 Å². The SMILES string of the molecule is C=CC(=O)OCCOc1ccc(SC(=O)c2ccc(-c3ccc4cc(OCCCCOC(=O)C(=C)F)ccc4c3)cc2)cc1. The Kier molecular flexibility index (Phi) is 11.7. The third-order valence-corrected chi connectivity index (χ3v) is 7.25. The van der Waals surface area contributed by atoms with Crippen molar-refractivity contribution in [2.75, 3.05) is 26.4 Å². The lowest BCUT2D eigenvalue weighted by molar-refractivity contribution is -0.141. The van der Waals surface area contributed by atoms with Crippen LogP contribution in [0.15, 0.2) is 115 Å². The molecule has 0 fully saturated rings. The second-order valence-corrected chi connectivity index (χ2v) is 10.5. The Labute approximate surface area is 259 Å². The summed E-state index contributed by atoms with van der Waals surface area (Å²) in [7, 11) is 0. The maximum Gasteiger partial charge on any atom is 0.366 e. The number of fused-ring (bicyclic) bond motifs is 1. The van der Waals surface area contributed by atoms with Crippen LogP contribution in [0.5, 0.6) is 11.5 Å². The minimum absolute atomic E-state index is 0.0701. The van der Waals surface area contributed by atoms with Crippen LogP contribution in [0.3, 0.4) is 0 Å². The summed E-state index contributed by atoms with van der Waals surface area (Å²) in [6.07, 6.45) is 2.31. The van der Waals surface area contributed by atoms with E-state index in [0.717, 1.165) is 50.4 Å². The molecule has 44 heavy (non-hydrogen) atoms. The molecule has 7 nitrogen and oxygen atoms in total. The predicted molar refractivity (Wildman–Crippen MR) is 169 cm³/mol. The van der Waals surface area contributed by atoms with Crippen molar-refractivity contribution in [3.8, 4) is 22.6 Å². The molecule has 0 N–H and O–H groups in total. The predicted octanol–water partition coefficient (Wildman–Crippen LogP) is 7.73. The highest BCUT2D eigenvalue weighted by Crippen LogP contribution is 2.29. The first-order chi connectivity index (χ1) is 21.3. The summed E-state index contributed by atoms with van der Waals surface area (Å²) in [5.74, 6) is -1.28. The Bertz CT molecular complexity index is 1630. The summed E-state index contributed by atoms with van der Waals surface area (Å²) in [6.45, 7) is 7.14. The van der Waals surface area contributed by atoms with E-state index in [-0.39, 0.29) is 24.9 Å². The standard InChI is InChI=1S/C35H31FO7S/c1-3-33(37)42-21-20-41-30-14-16-32(17-15-30)44-35(39)26-8-6-25(7-9-26)27-10-11-29-23-31(13-12-28(29)22-27)40-18-4-5-19-43-34(38)24(2)36/h3,6-17,22-23H,1-2,4-5,18-21H2. The van der Waals surface area contributed by atoms with E-state index in [2.05, 4.69) is 19.2 Å². The van der Waals surface area contributed by atoms with Gasteiger partial charge in [-0.2, -0.15) is 4.39 Å². The zero-order valence-corrected chi connectivity index (χ0v) is 24.8. The summed E-state index contributed by atoms with van der Waals surface area (Å²) >= 11 is 1.13. The van der Waals surface area contributed by atoms with Gasteiger partial charge in [0.05, 0.1) is 13.2 Å². The second kappa shape index (κ2) is 16.1. The molecule has 0 spiro atoms. The van der Waals surface area contributed by atoms with Crippen molar-refractivity contribution in [3.63, 3.8) is 0 Å². The number of thioether (sulfide) groups is 1. The first-order valence-electron chi connectivity index (χ1n) is 13.9. The van der Waals surface area contributed by atoms with E-state index in [1.807, 2.05) is 54.6 Å². The molecule has 0 heterocycles. The van der Waals surface area contributed by atoms with Gasteiger partial charge in [0.2, 0.25) is 10.9 Å². The number of carbonyl (C=O) groups excluding carboxylic acids is 3. The van der Waals surface area contributed by atoms with Crippen LogP contribution in [0.4, 0.5) is 4.39 Å². The number of unbranched alkanes of at least 4 members (excludes halogenated alkanes) is 1. The molecular weight excluding hydrogens is 583 g/mol. The van der Waals surface area contributed by atoms with Crippen molar-refractivity contribution in [2.45, 2.75) is 17.7 Å². The number of rotatable bonds is 15. The van der Waals surface area contributed by atoms with Gasteiger partial charge in [-0.05, 0) is 101 Å². The number of hydrogen-bond donors (Lipinski definition) is 0. The Morgan fingerprint density at radius 1 is 0.705 bits per heavy atom. The molecule has 9 heteroatoms. The zero-order valence-electron chi connectivity index (χ0n) is 24.0. The molecule has 226 valence electrons. The van der Waals surface area contributed by atoms with E-state index in [9.17, 15) is 18.8 Å². The number of benzene rings is 4. The normalized spacial score (nSPS) is 10.6. The molecule has 0 saturated carbocycles. The number of carbonyl (C=O) groups is 3. The molecule has 0 radical (unpaired) electrons. The van der Waals surface area contributed by atoms with Crippen LogP contribution >= 0.6 is 11.8 Å². The van der Waals surface area contributed by atoms with Gasteiger partial charge >= 0.3 is 11.9 Å². The smallest absolute Gasteiger partial charge is 0.366 e. The quantitative estimate of drug-likeness (QED) is 0.0582. The molecule has 0 saturated heterocycles. The van der Waals surface area contributed by atoms with Gasteiger partial charge < -0.3 is 18.9 Å². The summed E-state index contributed by atoms with van der Waals surface area (Å²) in [5.41, 5.74) is 2.61. The topological polar surface area (TPSA) is 88.1 Å². The Balaban J connectivity index is 1.26. The summed E-state index contributed by atoms with van der Waals surface area (Å²) in [6, 6.07) is 26.6. The Morgan fingerprint density at radius 2 is 1.34 bits per heavy atom. The van der Waals surface area contributed by atoms with Gasteiger partial charge in [0, 0.05) is 16.5 Å². The van der Waals surface area contributed by atoms with E-state index in [4.69, 9.17) is 18.9 Å². The minimum atomic E-state index is -1.10. The first kappa shape index (κ1) is 32.0. The molecule has 0 unspecified atom stereocenters. The maximum absolute atomic E-state index is 12.9. The lowest BCUT2D eigenvalue weighted by Crippen LogP contribution is -2.10. The van der Waals surface area contributed by atoms with Crippen LogP contribution in [0.25, 0.3) is 21.9 Å². The largest absolute Gasteiger partial charge is 0.494 e. The maximum atomic E-state index is 12.9. The molecule has 0 aromatic heterocycles. The van der Waals surface area contributed by atoms with Gasteiger partial charge in [0.25, 0.3) is 0 Å². The molecule has 0 aliphatic heterocycles. The van der Waals surface area contributed by atoms with E-state index in [1.54, 1.807) is 24.3 Å². The fourth-order valence-corrected chi connectivity index (χ4v) is 4.80. The van der Waals surface area contributed by atoms with Crippen LogP contribution in [-0.4, -0.2) is 43.5 Å². The fourth-order valence-electron chi connectivity index (χ4n) is 4.06. The van der Waals surface area contributed by atoms with Crippen molar-refractivity contribution >= 4 is 39.6 Å². The van der Waals surface area contributed by atoms with E-state index in [1.165, 1.54) is 0 Å².